The summed E-state index contributed by atoms with van der Waals surface area (Å²) in [6.45, 7) is 0.987. The lowest BCUT2D eigenvalue weighted by Crippen LogP contribution is -2.33. The zero-order valence-electron chi connectivity index (χ0n) is 9.53. The van der Waals surface area contributed by atoms with Crippen LogP contribution in [0.4, 0.5) is 5.69 Å². The number of hydrogen-bond acceptors (Lipinski definition) is 3. The molecule has 0 unspecified atom stereocenters. The molecule has 0 radical (unpaired) electrons. The van der Waals surface area contributed by atoms with Gasteiger partial charge in [-0.1, -0.05) is 11.6 Å². The number of anilines is 1. The number of benzene rings is 1. The summed E-state index contributed by atoms with van der Waals surface area (Å²) in [5, 5.41) is 0.157. The van der Waals surface area contributed by atoms with Crippen LogP contribution in [0.25, 0.3) is 0 Å². The van der Waals surface area contributed by atoms with Gasteiger partial charge in [-0.2, -0.15) is 0 Å². The molecule has 0 saturated carbocycles. The van der Waals surface area contributed by atoms with E-state index < -0.39 is 15.3 Å². The Morgan fingerprint density at radius 1 is 1.33 bits per heavy atom. The second-order valence-corrected chi connectivity index (χ2v) is 7.33. The van der Waals surface area contributed by atoms with Crippen molar-refractivity contribution in [3.8, 4) is 0 Å². The topological polar surface area (TPSA) is 55.4 Å². The van der Waals surface area contributed by atoms with Crippen LogP contribution in [-0.4, -0.2) is 26.9 Å². The molecule has 0 spiro atoms. The average Bonchev–Trinajstić information content (AvgIpc) is 2.34. The Hall–Kier alpha value is -0.300. The number of sulfonamides is 1. The molecule has 0 bridgehead atoms. The lowest BCUT2D eigenvalue weighted by Gasteiger charge is -2.23. The van der Waals surface area contributed by atoms with Crippen LogP contribution >= 0.6 is 27.5 Å². The lowest BCUT2D eigenvalue weighted by molar-refractivity contribution is 0.0984. The van der Waals surface area contributed by atoms with Crippen molar-refractivity contribution in [3.63, 3.8) is 0 Å². The van der Waals surface area contributed by atoms with Gasteiger partial charge in [0.25, 0.3) is 0 Å². The molecule has 0 aromatic heterocycles. The summed E-state index contributed by atoms with van der Waals surface area (Å²) in [4.78, 5) is 0. The van der Waals surface area contributed by atoms with Crippen molar-refractivity contribution in [2.45, 2.75) is 18.1 Å². The second-order valence-electron chi connectivity index (χ2n) is 4.08. The Bertz CT molecular complexity index is 529. The highest BCUT2D eigenvalue weighted by molar-refractivity contribution is 9.10. The Morgan fingerprint density at radius 3 is 2.61 bits per heavy atom. The molecular formula is C11H13BrClNO3S. The number of ether oxygens (including phenoxy) is 1. The Labute approximate surface area is 120 Å². The van der Waals surface area contributed by atoms with Gasteiger partial charge in [0.1, 0.15) is 0 Å². The fourth-order valence-electron chi connectivity index (χ4n) is 1.80. The fraction of sp³-hybridized carbons (Fsp3) is 0.455. The smallest absolute Gasteiger partial charge is 0.235 e. The van der Waals surface area contributed by atoms with Crippen LogP contribution in [0.5, 0.6) is 0 Å². The van der Waals surface area contributed by atoms with E-state index in [0.29, 0.717) is 41.2 Å². The van der Waals surface area contributed by atoms with E-state index in [2.05, 4.69) is 20.7 Å². The molecule has 100 valence electrons. The fourth-order valence-corrected chi connectivity index (χ4v) is 4.17. The van der Waals surface area contributed by atoms with Gasteiger partial charge in [0, 0.05) is 22.7 Å². The standard InChI is InChI=1S/C11H13BrClNO3S/c12-10-7-8(13)1-2-11(10)14-18(15,16)9-3-5-17-6-4-9/h1-2,7,9,14H,3-6H2. The largest absolute Gasteiger partial charge is 0.381 e. The van der Waals surface area contributed by atoms with Crippen molar-refractivity contribution in [2.24, 2.45) is 0 Å². The molecule has 18 heavy (non-hydrogen) atoms. The van der Waals surface area contributed by atoms with Crippen LogP contribution in [-0.2, 0) is 14.8 Å². The van der Waals surface area contributed by atoms with Crippen molar-refractivity contribution in [1.82, 2.24) is 0 Å². The molecule has 1 saturated heterocycles. The summed E-state index contributed by atoms with van der Waals surface area (Å²) < 4.78 is 32.7. The van der Waals surface area contributed by atoms with E-state index in [1.165, 1.54) is 0 Å². The molecule has 2 rings (SSSR count). The second kappa shape index (κ2) is 5.77. The maximum Gasteiger partial charge on any atom is 0.235 e. The van der Waals surface area contributed by atoms with Crippen LogP contribution in [0.1, 0.15) is 12.8 Å². The molecule has 7 heteroatoms. The summed E-state index contributed by atoms with van der Waals surface area (Å²) in [6, 6.07) is 4.95. The van der Waals surface area contributed by atoms with Crippen LogP contribution in [0, 0.1) is 0 Å². The van der Waals surface area contributed by atoms with Gasteiger partial charge in [0.05, 0.1) is 10.9 Å². The molecular weight excluding hydrogens is 342 g/mol. The van der Waals surface area contributed by atoms with Gasteiger partial charge in [-0.25, -0.2) is 8.42 Å². The third-order valence-corrected chi connectivity index (χ3v) is 5.54. The summed E-state index contributed by atoms with van der Waals surface area (Å²) in [7, 11) is -3.37. The Balaban J connectivity index is 2.16. The van der Waals surface area contributed by atoms with E-state index in [4.69, 9.17) is 16.3 Å². The van der Waals surface area contributed by atoms with Gasteiger partial charge in [0.15, 0.2) is 0 Å². The summed E-state index contributed by atoms with van der Waals surface area (Å²) in [5.41, 5.74) is 0.505. The highest BCUT2D eigenvalue weighted by Gasteiger charge is 2.28. The summed E-state index contributed by atoms with van der Waals surface area (Å²) in [5.74, 6) is 0. The van der Waals surface area contributed by atoms with Gasteiger partial charge in [-0.05, 0) is 47.0 Å². The monoisotopic (exact) mass is 353 g/mol. The zero-order valence-corrected chi connectivity index (χ0v) is 12.7. The van der Waals surface area contributed by atoms with Crippen molar-refractivity contribution >= 4 is 43.2 Å². The van der Waals surface area contributed by atoms with Crippen molar-refractivity contribution in [1.29, 1.82) is 0 Å². The third-order valence-electron chi connectivity index (χ3n) is 2.79. The van der Waals surface area contributed by atoms with Crippen molar-refractivity contribution in [2.75, 3.05) is 17.9 Å². The number of halogens is 2. The SMILES string of the molecule is O=S(=O)(Nc1ccc(Cl)cc1Br)C1CCOCC1. The Morgan fingerprint density at radius 2 is 2.00 bits per heavy atom. The predicted octanol–water partition coefficient (Wildman–Crippen LogP) is 3.02. The molecule has 1 aromatic rings. The maximum atomic E-state index is 12.2. The zero-order chi connectivity index (χ0) is 13.2. The highest BCUT2D eigenvalue weighted by atomic mass is 79.9. The quantitative estimate of drug-likeness (QED) is 0.908. The minimum absolute atomic E-state index is 0.395. The van der Waals surface area contributed by atoms with Gasteiger partial charge >= 0.3 is 0 Å². The lowest BCUT2D eigenvalue weighted by atomic mass is 10.2. The van der Waals surface area contributed by atoms with Crippen LogP contribution in [0.15, 0.2) is 22.7 Å². The minimum Gasteiger partial charge on any atom is -0.381 e. The first-order chi connectivity index (χ1) is 8.49. The normalized spacial score (nSPS) is 17.7. The third kappa shape index (κ3) is 3.38. The molecule has 4 nitrogen and oxygen atoms in total. The van der Waals surface area contributed by atoms with E-state index in [-0.39, 0.29) is 0 Å². The first-order valence-corrected chi connectivity index (χ1v) is 8.25. The van der Waals surface area contributed by atoms with E-state index in [9.17, 15) is 8.42 Å². The van der Waals surface area contributed by atoms with Gasteiger partial charge < -0.3 is 4.74 Å². The number of nitrogens with one attached hydrogen (secondary N) is 1. The van der Waals surface area contributed by atoms with E-state index in [1.807, 2.05) is 0 Å². The van der Waals surface area contributed by atoms with Gasteiger partial charge in [0.2, 0.25) is 10.0 Å². The maximum absolute atomic E-state index is 12.2. The molecule has 1 aliphatic rings. The highest BCUT2D eigenvalue weighted by Crippen LogP contribution is 2.28. The van der Waals surface area contributed by atoms with E-state index in [1.54, 1.807) is 18.2 Å². The average molecular weight is 355 g/mol. The van der Waals surface area contributed by atoms with Crippen molar-refractivity contribution < 1.29 is 13.2 Å². The summed E-state index contributed by atoms with van der Waals surface area (Å²) >= 11 is 9.10. The molecule has 1 N–H and O–H groups in total. The molecule has 1 aromatic carbocycles. The predicted molar refractivity (Wildman–Crippen MR) is 75.5 cm³/mol. The molecule has 1 fully saturated rings. The molecule has 1 aliphatic heterocycles. The molecule has 0 atom stereocenters. The Kier molecular flexibility index (Phi) is 4.53. The molecule has 0 aliphatic carbocycles. The van der Waals surface area contributed by atoms with Crippen LogP contribution in [0.3, 0.4) is 0 Å². The number of hydrogen-bond donors (Lipinski definition) is 1. The van der Waals surface area contributed by atoms with Crippen molar-refractivity contribution in [3.05, 3.63) is 27.7 Å². The van der Waals surface area contributed by atoms with E-state index >= 15 is 0 Å². The number of rotatable bonds is 3. The first kappa shape index (κ1) is 14.1. The van der Waals surface area contributed by atoms with Crippen LogP contribution < -0.4 is 4.72 Å². The summed E-state index contributed by atoms with van der Waals surface area (Å²) in [6.07, 6.45) is 1.06. The molecule has 1 heterocycles. The van der Waals surface area contributed by atoms with Gasteiger partial charge in [-0.15, -0.1) is 0 Å². The minimum atomic E-state index is -3.37. The van der Waals surface area contributed by atoms with Crippen LogP contribution in [0.2, 0.25) is 5.02 Å². The molecule has 0 amide bonds. The van der Waals surface area contributed by atoms with E-state index in [0.717, 1.165) is 0 Å². The first-order valence-electron chi connectivity index (χ1n) is 5.53. The van der Waals surface area contributed by atoms with Gasteiger partial charge in [-0.3, -0.25) is 4.72 Å².